The van der Waals surface area contributed by atoms with Gasteiger partial charge in [-0.25, -0.2) is 4.98 Å². The van der Waals surface area contributed by atoms with E-state index in [1.54, 1.807) is 0 Å². The molecule has 8 rings (SSSR count). The van der Waals surface area contributed by atoms with Crippen LogP contribution in [0.25, 0.3) is 71.6 Å². The molecule has 0 N–H and O–H groups in total. The second-order valence-corrected chi connectivity index (χ2v) is 12.8. The highest BCUT2D eigenvalue weighted by Crippen LogP contribution is 2.45. The highest BCUT2D eigenvalue weighted by atomic mass is 15.1. The van der Waals surface area contributed by atoms with Gasteiger partial charge in [-0.3, -0.25) is 4.57 Å². The minimum atomic E-state index is -0.106. The highest BCUT2D eigenvalue weighted by molar-refractivity contribution is 6.22. The van der Waals surface area contributed by atoms with E-state index in [1.807, 2.05) is 0 Å². The van der Waals surface area contributed by atoms with Gasteiger partial charge >= 0.3 is 0 Å². The average Bonchev–Trinajstić information content (AvgIpc) is 3.48. The van der Waals surface area contributed by atoms with Crippen molar-refractivity contribution in [2.75, 3.05) is 0 Å². The first-order valence-corrected chi connectivity index (χ1v) is 15.7. The van der Waals surface area contributed by atoms with Gasteiger partial charge in [0.15, 0.2) is 0 Å². The second kappa shape index (κ2) is 10.6. The van der Waals surface area contributed by atoms with E-state index in [4.69, 9.17) is 4.98 Å². The summed E-state index contributed by atoms with van der Waals surface area (Å²) >= 11 is 0. The Morgan fingerprint density at radius 3 is 1.62 bits per heavy atom. The van der Waals surface area contributed by atoms with Crippen molar-refractivity contribution < 1.29 is 0 Å². The van der Waals surface area contributed by atoms with Gasteiger partial charge in [-0.15, -0.1) is 0 Å². The topological polar surface area (TPSA) is 17.8 Å². The van der Waals surface area contributed by atoms with Crippen LogP contribution in [-0.4, -0.2) is 9.55 Å². The molecule has 0 aliphatic carbocycles. The van der Waals surface area contributed by atoms with Crippen LogP contribution in [0.2, 0.25) is 0 Å². The average molecular weight is 579 g/mol. The molecule has 8 aromatic rings. The lowest BCUT2D eigenvalue weighted by atomic mass is 9.85. The molecule has 0 aliphatic heterocycles. The van der Waals surface area contributed by atoms with Crippen LogP contribution < -0.4 is 0 Å². The summed E-state index contributed by atoms with van der Waals surface area (Å²) < 4.78 is 2.32. The number of para-hydroxylation sites is 2. The van der Waals surface area contributed by atoms with Gasteiger partial charge in [0.2, 0.25) is 0 Å². The molecule has 0 saturated heterocycles. The molecule has 2 nitrogen and oxygen atoms in total. The molecule has 216 valence electrons. The lowest BCUT2D eigenvalue weighted by Gasteiger charge is -2.21. The van der Waals surface area contributed by atoms with Crippen molar-refractivity contribution in [3.05, 3.63) is 157 Å². The summed E-state index contributed by atoms with van der Waals surface area (Å²) in [6.45, 7) is 6.70. The fourth-order valence-corrected chi connectivity index (χ4v) is 6.78. The number of fused-ring (bicyclic) bond motifs is 3. The van der Waals surface area contributed by atoms with Crippen LogP contribution in [-0.2, 0) is 5.41 Å². The van der Waals surface area contributed by atoms with Crippen LogP contribution in [0.5, 0.6) is 0 Å². The maximum atomic E-state index is 5.06. The summed E-state index contributed by atoms with van der Waals surface area (Å²) in [6.07, 6.45) is 0. The van der Waals surface area contributed by atoms with Crippen LogP contribution in [0.1, 0.15) is 26.6 Å². The third-order valence-electron chi connectivity index (χ3n) is 8.84. The van der Waals surface area contributed by atoms with E-state index in [0.717, 1.165) is 22.5 Å². The molecule has 0 aliphatic rings. The van der Waals surface area contributed by atoms with E-state index in [1.165, 1.54) is 54.9 Å². The second-order valence-electron chi connectivity index (χ2n) is 12.8. The Labute approximate surface area is 264 Å². The number of benzene rings is 7. The Kier molecular flexibility index (Phi) is 6.39. The van der Waals surface area contributed by atoms with Crippen molar-refractivity contribution in [2.45, 2.75) is 26.2 Å². The lowest BCUT2D eigenvalue weighted by Crippen LogP contribution is -2.18. The standard InChI is InChI=1S/C43H34N2/c1-43(2,3)42-44-38-20-12-13-21-39(38)45(42)33-25-22-31(23-26-33)41-35-19-11-10-18-34(35)40(30-16-8-5-9-17-30)36-27-24-32(28-37(36)41)29-14-6-4-7-15-29/h4-28H,1-3H3. The number of hydrogen-bond donors (Lipinski definition) is 0. The van der Waals surface area contributed by atoms with Crippen molar-refractivity contribution >= 4 is 32.6 Å². The molecule has 0 atom stereocenters. The summed E-state index contributed by atoms with van der Waals surface area (Å²) in [6, 6.07) is 54.8. The van der Waals surface area contributed by atoms with Gasteiger partial charge < -0.3 is 0 Å². The largest absolute Gasteiger partial charge is 0.296 e. The molecule has 1 heterocycles. The van der Waals surface area contributed by atoms with Gasteiger partial charge in [-0.05, 0) is 85.3 Å². The quantitative estimate of drug-likeness (QED) is 0.190. The fraction of sp³-hybridized carbons (Fsp3) is 0.0930. The Morgan fingerprint density at radius 2 is 0.956 bits per heavy atom. The molecule has 45 heavy (non-hydrogen) atoms. The summed E-state index contributed by atoms with van der Waals surface area (Å²) in [7, 11) is 0. The van der Waals surface area contributed by atoms with Gasteiger partial charge in [0.25, 0.3) is 0 Å². The Bertz CT molecular complexity index is 2320. The van der Waals surface area contributed by atoms with Crippen molar-refractivity contribution in [1.82, 2.24) is 9.55 Å². The molecule has 0 bridgehead atoms. The zero-order valence-corrected chi connectivity index (χ0v) is 25.8. The van der Waals surface area contributed by atoms with Crippen molar-refractivity contribution in [3.8, 4) is 39.1 Å². The van der Waals surface area contributed by atoms with Crippen molar-refractivity contribution in [3.63, 3.8) is 0 Å². The van der Waals surface area contributed by atoms with Gasteiger partial charge in [-0.2, -0.15) is 0 Å². The van der Waals surface area contributed by atoms with E-state index in [9.17, 15) is 0 Å². The third kappa shape index (κ3) is 4.62. The number of rotatable bonds is 4. The third-order valence-corrected chi connectivity index (χ3v) is 8.84. The molecule has 0 fully saturated rings. The highest BCUT2D eigenvalue weighted by Gasteiger charge is 2.24. The van der Waals surface area contributed by atoms with E-state index in [0.29, 0.717) is 0 Å². The molecule has 7 aromatic carbocycles. The van der Waals surface area contributed by atoms with Crippen LogP contribution in [0.4, 0.5) is 0 Å². The zero-order valence-electron chi connectivity index (χ0n) is 25.8. The van der Waals surface area contributed by atoms with Gasteiger partial charge in [0.1, 0.15) is 5.82 Å². The molecule has 0 spiro atoms. The monoisotopic (exact) mass is 578 g/mol. The van der Waals surface area contributed by atoms with E-state index in [-0.39, 0.29) is 5.41 Å². The summed E-state index contributed by atoms with van der Waals surface area (Å²) in [4.78, 5) is 5.06. The van der Waals surface area contributed by atoms with Crippen molar-refractivity contribution in [2.24, 2.45) is 0 Å². The molecular formula is C43H34N2. The van der Waals surface area contributed by atoms with Gasteiger partial charge in [0, 0.05) is 11.1 Å². The predicted octanol–water partition coefficient (Wildman–Crippen LogP) is 11.6. The first kappa shape index (κ1) is 27.1. The van der Waals surface area contributed by atoms with Crippen LogP contribution in [0.3, 0.4) is 0 Å². The summed E-state index contributed by atoms with van der Waals surface area (Å²) in [5, 5.41) is 5.03. The Hall–Kier alpha value is -5.47. The molecular weight excluding hydrogens is 544 g/mol. The van der Waals surface area contributed by atoms with Crippen LogP contribution in [0, 0.1) is 0 Å². The van der Waals surface area contributed by atoms with Crippen molar-refractivity contribution in [1.29, 1.82) is 0 Å². The number of imidazole rings is 1. The van der Waals surface area contributed by atoms with Crippen LogP contribution >= 0.6 is 0 Å². The fourth-order valence-electron chi connectivity index (χ4n) is 6.78. The normalized spacial score (nSPS) is 11.9. The number of hydrogen-bond acceptors (Lipinski definition) is 1. The maximum Gasteiger partial charge on any atom is 0.119 e. The molecule has 2 heteroatoms. The maximum absolute atomic E-state index is 5.06. The van der Waals surface area contributed by atoms with Gasteiger partial charge in [0.05, 0.1) is 11.0 Å². The van der Waals surface area contributed by atoms with E-state index >= 15 is 0 Å². The molecule has 1 aromatic heterocycles. The summed E-state index contributed by atoms with van der Waals surface area (Å²) in [5.74, 6) is 1.06. The predicted molar refractivity (Wildman–Crippen MR) is 191 cm³/mol. The molecule has 0 unspecified atom stereocenters. The Balaban J connectivity index is 1.40. The van der Waals surface area contributed by atoms with E-state index < -0.39 is 0 Å². The number of aromatic nitrogens is 2. The first-order valence-electron chi connectivity index (χ1n) is 15.7. The first-order chi connectivity index (χ1) is 22.0. The minimum absolute atomic E-state index is 0.106. The molecule has 0 amide bonds. The zero-order chi connectivity index (χ0) is 30.5. The van der Waals surface area contributed by atoms with E-state index in [2.05, 4.69) is 177 Å². The number of nitrogens with zero attached hydrogens (tertiary/aromatic N) is 2. The lowest BCUT2D eigenvalue weighted by molar-refractivity contribution is 0.539. The smallest absolute Gasteiger partial charge is 0.119 e. The summed E-state index contributed by atoms with van der Waals surface area (Å²) in [5.41, 5.74) is 10.6. The Morgan fingerprint density at radius 1 is 0.444 bits per heavy atom. The molecule has 0 saturated carbocycles. The van der Waals surface area contributed by atoms with Crippen LogP contribution in [0.15, 0.2) is 152 Å². The SMILES string of the molecule is CC(C)(C)c1nc2ccccc2n1-c1ccc(-c2c3ccccc3c(-c3ccccc3)c3ccc(-c4ccccc4)cc23)cc1. The molecule has 0 radical (unpaired) electrons. The van der Waals surface area contributed by atoms with Gasteiger partial charge in [-0.1, -0.05) is 142 Å². The minimum Gasteiger partial charge on any atom is -0.296 e.